The summed E-state index contributed by atoms with van der Waals surface area (Å²) in [6.45, 7) is 1.40. The minimum Gasteiger partial charge on any atom is -0.383 e. The van der Waals surface area contributed by atoms with Crippen molar-refractivity contribution in [1.29, 1.82) is 0 Å². The van der Waals surface area contributed by atoms with Gasteiger partial charge < -0.3 is 10.2 Å². The molecule has 1 aliphatic heterocycles. The molecule has 2 aromatic rings. The van der Waals surface area contributed by atoms with Gasteiger partial charge in [-0.15, -0.1) is 0 Å². The van der Waals surface area contributed by atoms with Gasteiger partial charge in [0.05, 0.1) is 22.0 Å². The summed E-state index contributed by atoms with van der Waals surface area (Å²) in [7, 11) is 0. The monoisotopic (exact) mass is 304 g/mol. The number of halogens is 2. The Kier molecular flexibility index (Phi) is 3.80. The van der Waals surface area contributed by atoms with Gasteiger partial charge in [0.1, 0.15) is 5.82 Å². The third kappa shape index (κ3) is 2.72. The molecule has 0 unspecified atom stereocenters. The number of carbonyl (C=O) groups excluding carboxylic acids is 1. The number of nitrogens with zero attached hydrogens (tertiary/aromatic N) is 1. The van der Waals surface area contributed by atoms with Gasteiger partial charge in [0.2, 0.25) is 0 Å². The first-order chi connectivity index (χ1) is 10.2. The van der Waals surface area contributed by atoms with Gasteiger partial charge in [-0.3, -0.25) is 4.79 Å². The molecule has 0 atom stereocenters. The number of hydrogen-bond acceptors (Lipinski definition) is 2. The molecule has 3 rings (SSSR count). The van der Waals surface area contributed by atoms with Crippen molar-refractivity contribution in [2.75, 3.05) is 23.3 Å². The third-order valence-electron chi connectivity index (χ3n) is 3.48. The van der Waals surface area contributed by atoms with E-state index in [1.807, 2.05) is 24.3 Å². The summed E-state index contributed by atoms with van der Waals surface area (Å²) in [5.41, 5.74) is 2.05. The molecule has 0 saturated heterocycles. The van der Waals surface area contributed by atoms with Crippen molar-refractivity contribution in [1.82, 2.24) is 0 Å². The lowest BCUT2D eigenvalue weighted by Crippen LogP contribution is -2.31. The van der Waals surface area contributed by atoms with Crippen LogP contribution in [0.3, 0.4) is 0 Å². The molecule has 0 bridgehead atoms. The van der Waals surface area contributed by atoms with Crippen molar-refractivity contribution < 1.29 is 9.18 Å². The molecule has 3 nitrogen and oxygen atoms in total. The second kappa shape index (κ2) is 5.74. The molecular weight excluding hydrogens is 291 g/mol. The number of carbonyl (C=O) groups is 1. The Morgan fingerprint density at radius 1 is 1.24 bits per heavy atom. The van der Waals surface area contributed by atoms with Crippen LogP contribution >= 0.6 is 11.6 Å². The molecule has 1 heterocycles. The van der Waals surface area contributed by atoms with Crippen LogP contribution in [0.15, 0.2) is 42.5 Å². The van der Waals surface area contributed by atoms with Crippen LogP contribution in [0.25, 0.3) is 0 Å². The Balaban J connectivity index is 2.01. The molecule has 108 valence electrons. The van der Waals surface area contributed by atoms with Crippen molar-refractivity contribution >= 4 is 28.9 Å². The number of benzene rings is 2. The number of amides is 1. The number of rotatable bonds is 1. The van der Waals surface area contributed by atoms with E-state index in [1.165, 1.54) is 12.1 Å². The summed E-state index contributed by atoms with van der Waals surface area (Å²) in [6.07, 6.45) is 0.833. The molecule has 0 aromatic heterocycles. The second-order valence-corrected chi connectivity index (χ2v) is 5.29. The van der Waals surface area contributed by atoms with Crippen molar-refractivity contribution in [3.63, 3.8) is 0 Å². The highest BCUT2D eigenvalue weighted by atomic mass is 35.5. The summed E-state index contributed by atoms with van der Waals surface area (Å²) in [6, 6.07) is 11.5. The SMILES string of the molecule is O=C(c1ccc(F)cc1Cl)N1CCCNc2ccccc21. The number of nitrogens with one attached hydrogen (secondary N) is 1. The third-order valence-corrected chi connectivity index (χ3v) is 3.79. The van der Waals surface area contributed by atoms with E-state index in [0.717, 1.165) is 30.4 Å². The second-order valence-electron chi connectivity index (χ2n) is 4.88. The van der Waals surface area contributed by atoms with Gasteiger partial charge in [-0.1, -0.05) is 23.7 Å². The highest BCUT2D eigenvalue weighted by Gasteiger charge is 2.23. The number of anilines is 2. The van der Waals surface area contributed by atoms with Crippen LogP contribution in [0.5, 0.6) is 0 Å². The first kappa shape index (κ1) is 13.9. The Bertz CT molecular complexity index is 690. The molecule has 0 saturated carbocycles. The molecule has 0 fully saturated rings. The number of hydrogen-bond donors (Lipinski definition) is 1. The lowest BCUT2D eigenvalue weighted by Gasteiger charge is -2.23. The van der Waals surface area contributed by atoms with E-state index >= 15 is 0 Å². The number of fused-ring (bicyclic) bond motifs is 1. The van der Waals surface area contributed by atoms with Crippen molar-refractivity contribution in [2.24, 2.45) is 0 Å². The van der Waals surface area contributed by atoms with Crippen LogP contribution in [-0.4, -0.2) is 19.0 Å². The van der Waals surface area contributed by atoms with E-state index in [0.29, 0.717) is 12.1 Å². The van der Waals surface area contributed by atoms with Gasteiger partial charge >= 0.3 is 0 Å². The molecule has 1 aliphatic rings. The summed E-state index contributed by atoms with van der Waals surface area (Å²) in [5, 5.41) is 3.43. The largest absolute Gasteiger partial charge is 0.383 e. The first-order valence-electron chi connectivity index (χ1n) is 6.76. The zero-order chi connectivity index (χ0) is 14.8. The topological polar surface area (TPSA) is 32.3 Å². The standard InChI is InChI=1S/C16H14ClFN2O/c17-13-10-11(18)6-7-12(13)16(21)20-9-3-8-19-14-4-1-2-5-15(14)20/h1-2,4-7,10,19H,3,8-9H2. The maximum absolute atomic E-state index is 13.1. The molecular formula is C16H14ClFN2O. The normalized spacial score (nSPS) is 14.1. The summed E-state index contributed by atoms with van der Waals surface area (Å²) >= 11 is 6.01. The zero-order valence-electron chi connectivity index (χ0n) is 11.3. The predicted octanol–water partition coefficient (Wildman–Crippen LogP) is 3.94. The van der Waals surface area contributed by atoms with Gasteiger partial charge in [-0.2, -0.15) is 0 Å². The predicted molar refractivity (Wildman–Crippen MR) is 82.6 cm³/mol. The molecule has 0 spiro atoms. The maximum Gasteiger partial charge on any atom is 0.259 e. The minimum absolute atomic E-state index is 0.134. The highest BCUT2D eigenvalue weighted by molar-refractivity contribution is 6.34. The molecule has 0 radical (unpaired) electrons. The molecule has 5 heteroatoms. The molecule has 2 aromatic carbocycles. The van der Waals surface area contributed by atoms with Crippen molar-refractivity contribution in [3.8, 4) is 0 Å². The van der Waals surface area contributed by atoms with Crippen LogP contribution in [0.2, 0.25) is 5.02 Å². The lowest BCUT2D eigenvalue weighted by atomic mass is 10.1. The fraction of sp³-hybridized carbons (Fsp3) is 0.188. The van der Waals surface area contributed by atoms with E-state index in [-0.39, 0.29) is 10.9 Å². The maximum atomic E-state index is 13.1. The van der Waals surface area contributed by atoms with Crippen LogP contribution in [0.4, 0.5) is 15.8 Å². The summed E-state index contributed by atoms with van der Waals surface area (Å²) in [5.74, 6) is -0.661. The highest BCUT2D eigenvalue weighted by Crippen LogP contribution is 2.30. The van der Waals surface area contributed by atoms with Crippen LogP contribution in [0, 0.1) is 5.82 Å². The van der Waals surface area contributed by atoms with Crippen molar-refractivity contribution in [3.05, 3.63) is 58.9 Å². The quantitative estimate of drug-likeness (QED) is 0.865. The molecule has 1 amide bonds. The minimum atomic E-state index is -0.450. The van der Waals surface area contributed by atoms with E-state index in [9.17, 15) is 9.18 Å². The molecule has 0 aliphatic carbocycles. The van der Waals surface area contributed by atoms with E-state index < -0.39 is 5.82 Å². The van der Waals surface area contributed by atoms with E-state index in [4.69, 9.17) is 11.6 Å². The molecule has 21 heavy (non-hydrogen) atoms. The van der Waals surface area contributed by atoms with Crippen LogP contribution < -0.4 is 10.2 Å². The Labute approximate surface area is 127 Å². The van der Waals surface area contributed by atoms with Crippen LogP contribution in [0.1, 0.15) is 16.8 Å². The Morgan fingerprint density at radius 3 is 2.86 bits per heavy atom. The van der Waals surface area contributed by atoms with Gasteiger partial charge in [0, 0.05) is 13.1 Å². The van der Waals surface area contributed by atoms with Gasteiger partial charge in [0.25, 0.3) is 5.91 Å². The number of para-hydroxylation sites is 2. The summed E-state index contributed by atoms with van der Waals surface area (Å²) in [4.78, 5) is 14.4. The van der Waals surface area contributed by atoms with Crippen LogP contribution in [-0.2, 0) is 0 Å². The Morgan fingerprint density at radius 2 is 2.05 bits per heavy atom. The lowest BCUT2D eigenvalue weighted by molar-refractivity contribution is 0.0987. The van der Waals surface area contributed by atoms with Crippen molar-refractivity contribution in [2.45, 2.75) is 6.42 Å². The van der Waals surface area contributed by atoms with Gasteiger partial charge in [-0.25, -0.2) is 4.39 Å². The molecule has 1 N–H and O–H groups in total. The Hall–Kier alpha value is -2.07. The fourth-order valence-corrected chi connectivity index (χ4v) is 2.71. The zero-order valence-corrected chi connectivity index (χ0v) is 12.0. The average molecular weight is 305 g/mol. The fourth-order valence-electron chi connectivity index (χ4n) is 2.46. The summed E-state index contributed by atoms with van der Waals surface area (Å²) < 4.78 is 13.1. The van der Waals surface area contributed by atoms with E-state index in [2.05, 4.69) is 5.32 Å². The first-order valence-corrected chi connectivity index (χ1v) is 7.14. The van der Waals surface area contributed by atoms with E-state index in [1.54, 1.807) is 4.90 Å². The smallest absolute Gasteiger partial charge is 0.259 e. The average Bonchev–Trinajstić information content (AvgIpc) is 2.69. The van der Waals surface area contributed by atoms with Gasteiger partial charge in [-0.05, 0) is 36.8 Å². The van der Waals surface area contributed by atoms with Gasteiger partial charge in [0.15, 0.2) is 0 Å².